The predicted molar refractivity (Wildman–Crippen MR) is 102 cm³/mol. The number of anilines is 1. The molecule has 24 heavy (non-hydrogen) atoms. The molecule has 0 aromatic heterocycles. The van der Waals surface area contributed by atoms with Crippen molar-refractivity contribution in [1.29, 1.82) is 0 Å². The summed E-state index contributed by atoms with van der Waals surface area (Å²) >= 11 is 0. The third kappa shape index (κ3) is 4.60. The lowest BCUT2D eigenvalue weighted by Crippen LogP contribution is -2.35. The SMILES string of the molecule is C[C@H]1[C@H](C)CCC[C@@H]1Nc1cccc(C[S@](=O)C2CCOCC2)c1. The number of nitrogens with one attached hydrogen (secondary N) is 1. The van der Waals surface area contributed by atoms with Crippen LogP contribution >= 0.6 is 0 Å². The molecule has 1 N–H and O–H groups in total. The van der Waals surface area contributed by atoms with Crippen LogP contribution in [0.25, 0.3) is 0 Å². The van der Waals surface area contributed by atoms with E-state index in [-0.39, 0.29) is 0 Å². The number of ether oxygens (including phenoxy) is 1. The molecule has 1 saturated carbocycles. The fourth-order valence-corrected chi connectivity index (χ4v) is 5.43. The Morgan fingerprint density at radius 3 is 2.75 bits per heavy atom. The first-order chi connectivity index (χ1) is 11.6. The molecular weight excluding hydrogens is 318 g/mol. The fourth-order valence-electron chi connectivity index (χ4n) is 3.97. The van der Waals surface area contributed by atoms with Crippen LogP contribution in [0, 0.1) is 11.8 Å². The second-order valence-corrected chi connectivity index (χ2v) is 9.27. The maximum atomic E-state index is 12.6. The van der Waals surface area contributed by atoms with E-state index in [1.54, 1.807) is 0 Å². The van der Waals surface area contributed by atoms with E-state index in [9.17, 15) is 4.21 Å². The molecule has 134 valence electrons. The summed E-state index contributed by atoms with van der Waals surface area (Å²) in [5.74, 6) is 2.16. The molecule has 0 radical (unpaired) electrons. The molecule has 1 aromatic rings. The molecule has 1 saturated heterocycles. The van der Waals surface area contributed by atoms with Gasteiger partial charge in [0.05, 0.1) is 0 Å². The van der Waals surface area contributed by atoms with Gasteiger partial charge in [0.15, 0.2) is 0 Å². The highest BCUT2D eigenvalue weighted by molar-refractivity contribution is 7.84. The van der Waals surface area contributed by atoms with E-state index in [1.807, 2.05) is 0 Å². The second kappa shape index (κ2) is 8.48. The lowest BCUT2D eigenvalue weighted by Gasteiger charge is -2.35. The van der Waals surface area contributed by atoms with E-state index in [0.29, 0.717) is 23.0 Å². The summed E-state index contributed by atoms with van der Waals surface area (Å²) in [6, 6.07) is 9.10. The third-order valence-electron chi connectivity index (χ3n) is 5.83. The van der Waals surface area contributed by atoms with Crippen LogP contribution in [0.1, 0.15) is 51.5 Å². The molecule has 1 aromatic carbocycles. The highest BCUT2D eigenvalue weighted by Gasteiger charge is 2.27. The van der Waals surface area contributed by atoms with Crippen molar-refractivity contribution < 1.29 is 8.95 Å². The first kappa shape index (κ1) is 17.9. The Kier molecular flexibility index (Phi) is 6.34. The zero-order valence-corrected chi connectivity index (χ0v) is 15.8. The molecule has 0 unspecified atom stereocenters. The van der Waals surface area contributed by atoms with Crippen LogP contribution < -0.4 is 5.32 Å². The molecule has 0 spiro atoms. The number of benzene rings is 1. The molecule has 4 atom stereocenters. The average molecular weight is 350 g/mol. The summed E-state index contributed by atoms with van der Waals surface area (Å²) in [4.78, 5) is 0. The van der Waals surface area contributed by atoms with Crippen LogP contribution in [-0.2, 0) is 21.3 Å². The molecule has 1 aliphatic heterocycles. The monoisotopic (exact) mass is 349 g/mol. The van der Waals surface area contributed by atoms with E-state index in [2.05, 4.69) is 43.4 Å². The summed E-state index contributed by atoms with van der Waals surface area (Å²) in [6.45, 7) is 6.25. The predicted octanol–water partition coefficient (Wildman–Crippen LogP) is 4.35. The molecule has 3 nitrogen and oxygen atoms in total. The van der Waals surface area contributed by atoms with Crippen LogP contribution in [0.5, 0.6) is 0 Å². The molecule has 2 fully saturated rings. The van der Waals surface area contributed by atoms with Crippen molar-refractivity contribution in [2.75, 3.05) is 18.5 Å². The van der Waals surface area contributed by atoms with E-state index in [0.717, 1.165) is 32.0 Å². The van der Waals surface area contributed by atoms with Crippen LogP contribution in [0.3, 0.4) is 0 Å². The topological polar surface area (TPSA) is 38.3 Å². The summed E-state index contributed by atoms with van der Waals surface area (Å²) in [6.07, 6.45) is 5.79. The van der Waals surface area contributed by atoms with Crippen molar-refractivity contribution in [3.05, 3.63) is 29.8 Å². The maximum Gasteiger partial charge on any atom is 0.0489 e. The smallest absolute Gasteiger partial charge is 0.0489 e. The highest BCUT2D eigenvalue weighted by atomic mass is 32.2. The molecule has 1 heterocycles. The Morgan fingerprint density at radius 1 is 1.17 bits per heavy atom. The first-order valence-electron chi connectivity index (χ1n) is 9.44. The van der Waals surface area contributed by atoms with E-state index in [1.165, 1.54) is 30.5 Å². The van der Waals surface area contributed by atoms with Gasteiger partial charge in [-0.1, -0.05) is 38.8 Å². The quantitative estimate of drug-likeness (QED) is 0.859. The normalized spacial score (nSPS) is 30.0. The molecule has 0 bridgehead atoms. The third-order valence-corrected chi connectivity index (χ3v) is 7.67. The minimum Gasteiger partial charge on any atom is -0.382 e. The molecule has 3 rings (SSSR count). The lowest BCUT2D eigenvalue weighted by atomic mass is 9.78. The number of hydrogen-bond donors (Lipinski definition) is 1. The first-order valence-corrected chi connectivity index (χ1v) is 10.8. The standard InChI is InChI=1S/C20H31NO2S/c1-15-5-3-8-20(16(15)2)21-18-7-4-6-17(13-18)14-24(22)19-9-11-23-12-10-19/h4,6-7,13,15-16,19-21H,3,5,8-12,14H2,1-2H3/t15-,16+,20+,24+/m1/s1. The minimum absolute atomic E-state index is 0.301. The zero-order valence-electron chi connectivity index (χ0n) is 15.0. The van der Waals surface area contributed by atoms with Gasteiger partial charge in [0.25, 0.3) is 0 Å². The van der Waals surface area contributed by atoms with Crippen molar-refractivity contribution in [1.82, 2.24) is 0 Å². The maximum absolute atomic E-state index is 12.6. The van der Waals surface area contributed by atoms with E-state index >= 15 is 0 Å². The average Bonchev–Trinajstić information content (AvgIpc) is 2.60. The van der Waals surface area contributed by atoms with Gasteiger partial charge in [-0.25, -0.2) is 0 Å². The van der Waals surface area contributed by atoms with E-state index in [4.69, 9.17) is 4.74 Å². The van der Waals surface area contributed by atoms with Gasteiger partial charge in [-0.15, -0.1) is 0 Å². The Balaban J connectivity index is 1.60. The lowest BCUT2D eigenvalue weighted by molar-refractivity contribution is 0.0992. The van der Waals surface area contributed by atoms with Gasteiger partial charge in [-0.2, -0.15) is 0 Å². The fraction of sp³-hybridized carbons (Fsp3) is 0.700. The van der Waals surface area contributed by atoms with Crippen molar-refractivity contribution in [2.24, 2.45) is 11.8 Å². The van der Waals surface area contributed by atoms with Gasteiger partial charge in [-0.3, -0.25) is 4.21 Å². The Morgan fingerprint density at radius 2 is 1.96 bits per heavy atom. The van der Waals surface area contributed by atoms with Crippen LogP contribution in [0.4, 0.5) is 5.69 Å². The van der Waals surface area contributed by atoms with Gasteiger partial charge in [0.2, 0.25) is 0 Å². The molecule has 2 aliphatic rings. The molecule has 0 amide bonds. The van der Waals surface area contributed by atoms with Crippen LogP contribution in [0.2, 0.25) is 0 Å². The highest BCUT2D eigenvalue weighted by Crippen LogP contribution is 2.31. The zero-order chi connectivity index (χ0) is 16.9. The molecular formula is C20H31NO2S. The summed E-state index contributed by atoms with van der Waals surface area (Å²) in [7, 11) is -0.793. The van der Waals surface area contributed by atoms with Crippen molar-refractivity contribution >= 4 is 16.5 Å². The van der Waals surface area contributed by atoms with Gasteiger partial charge in [0, 0.05) is 46.7 Å². The van der Waals surface area contributed by atoms with Gasteiger partial charge in [0.1, 0.15) is 0 Å². The second-order valence-electron chi connectivity index (χ2n) is 7.56. The summed E-state index contributed by atoms with van der Waals surface area (Å²) in [5.41, 5.74) is 2.36. The Labute approximate surface area is 149 Å². The van der Waals surface area contributed by atoms with Crippen molar-refractivity contribution in [3.63, 3.8) is 0 Å². The van der Waals surface area contributed by atoms with Crippen LogP contribution in [-0.4, -0.2) is 28.7 Å². The Hall–Kier alpha value is -0.870. The largest absolute Gasteiger partial charge is 0.382 e. The van der Waals surface area contributed by atoms with E-state index < -0.39 is 10.8 Å². The Bertz CT molecular complexity index is 556. The number of rotatable bonds is 5. The molecule has 4 heteroatoms. The van der Waals surface area contributed by atoms with Gasteiger partial charge >= 0.3 is 0 Å². The van der Waals surface area contributed by atoms with Gasteiger partial charge in [-0.05, 0) is 48.8 Å². The van der Waals surface area contributed by atoms with Gasteiger partial charge < -0.3 is 10.1 Å². The summed E-state index contributed by atoms with van der Waals surface area (Å²) in [5, 5.41) is 4.04. The number of hydrogen-bond acceptors (Lipinski definition) is 3. The summed E-state index contributed by atoms with van der Waals surface area (Å²) < 4.78 is 18.0. The van der Waals surface area contributed by atoms with Crippen molar-refractivity contribution in [3.8, 4) is 0 Å². The molecule has 1 aliphatic carbocycles. The minimum atomic E-state index is -0.793. The van der Waals surface area contributed by atoms with Crippen LogP contribution in [0.15, 0.2) is 24.3 Å². The van der Waals surface area contributed by atoms with Crippen molar-refractivity contribution in [2.45, 2.75) is 63.0 Å².